The molecule has 1 heterocycles. The highest BCUT2D eigenvalue weighted by Gasteiger charge is 2.53. The van der Waals surface area contributed by atoms with E-state index in [4.69, 9.17) is 0 Å². The van der Waals surface area contributed by atoms with Crippen LogP contribution in [0.1, 0.15) is 25.3 Å². The van der Waals surface area contributed by atoms with E-state index in [1.165, 1.54) is 0 Å². The molecule has 88 valence electrons. The summed E-state index contributed by atoms with van der Waals surface area (Å²) in [7, 11) is 0. The maximum Gasteiger partial charge on any atom is 0.269 e. The Balaban J connectivity index is 2.48. The third-order valence-corrected chi connectivity index (χ3v) is 3.98. The Morgan fingerprint density at radius 1 is 1.31 bits per heavy atom. The van der Waals surface area contributed by atoms with Crippen molar-refractivity contribution in [2.75, 3.05) is 6.54 Å². The largest absolute Gasteiger partial charge is 0.303 e. The van der Waals surface area contributed by atoms with E-state index >= 15 is 0 Å². The van der Waals surface area contributed by atoms with Crippen molar-refractivity contribution in [2.24, 2.45) is 0 Å². The van der Waals surface area contributed by atoms with Crippen LogP contribution in [0.25, 0.3) is 0 Å². The maximum absolute atomic E-state index is 14.0. The van der Waals surface area contributed by atoms with E-state index in [1.54, 1.807) is 25.1 Å². The Kier molecular flexibility index (Phi) is 3.05. The van der Waals surface area contributed by atoms with Crippen molar-refractivity contribution in [3.05, 3.63) is 34.3 Å². The lowest BCUT2D eigenvalue weighted by Gasteiger charge is -2.42. The molecule has 1 unspecified atom stereocenters. The first-order valence-electron chi connectivity index (χ1n) is 5.35. The predicted octanol–water partition coefficient (Wildman–Crippen LogP) is 3.68. The quantitative estimate of drug-likeness (QED) is 0.832. The molecule has 1 nitrogen and oxygen atoms in total. The van der Waals surface area contributed by atoms with E-state index in [1.807, 2.05) is 6.07 Å². The lowest BCUT2D eigenvalue weighted by atomic mass is 9.80. The number of hydrogen-bond acceptors (Lipinski definition) is 1. The fraction of sp³-hybridized carbons (Fsp3) is 0.500. The normalized spacial score (nSPS) is 29.0. The van der Waals surface area contributed by atoms with E-state index in [0.717, 1.165) is 4.47 Å². The van der Waals surface area contributed by atoms with Crippen molar-refractivity contribution in [1.82, 2.24) is 5.32 Å². The first-order chi connectivity index (χ1) is 7.47. The third kappa shape index (κ3) is 1.78. The van der Waals surface area contributed by atoms with Crippen molar-refractivity contribution in [3.8, 4) is 0 Å². The van der Waals surface area contributed by atoms with Gasteiger partial charge >= 0.3 is 0 Å². The van der Waals surface area contributed by atoms with Gasteiger partial charge in [0.1, 0.15) is 5.54 Å². The average Bonchev–Trinajstić information content (AvgIpc) is 2.23. The average molecular weight is 290 g/mol. The van der Waals surface area contributed by atoms with Crippen LogP contribution in [0.2, 0.25) is 0 Å². The molecule has 0 bridgehead atoms. The molecule has 0 amide bonds. The summed E-state index contributed by atoms with van der Waals surface area (Å²) in [5.41, 5.74) is -0.648. The smallest absolute Gasteiger partial charge is 0.269 e. The van der Waals surface area contributed by atoms with Gasteiger partial charge in [-0.1, -0.05) is 34.1 Å². The van der Waals surface area contributed by atoms with Gasteiger partial charge in [0.15, 0.2) is 0 Å². The molecule has 0 aromatic heterocycles. The molecule has 0 saturated carbocycles. The molecule has 2 rings (SSSR count). The first-order valence-corrected chi connectivity index (χ1v) is 6.14. The van der Waals surface area contributed by atoms with Crippen LogP contribution in [0.4, 0.5) is 8.78 Å². The standard InChI is InChI=1S/C12H14BrF2N/c1-11(9-5-2-3-6-10(9)13)12(14,15)7-4-8-16-11/h2-3,5-6,16H,4,7-8H2,1H3. The second kappa shape index (κ2) is 4.08. The number of alkyl halides is 2. The molecule has 0 radical (unpaired) electrons. The maximum atomic E-state index is 14.0. The molecule has 4 heteroatoms. The highest BCUT2D eigenvalue weighted by atomic mass is 79.9. The molecule has 1 N–H and O–H groups in total. The summed E-state index contributed by atoms with van der Waals surface area (Å²) in [6.45, 7) is 2.21. The zero-order valence-corrected chi connectivity index (χ0v) is 10.7. The van der Waals surface area contributed by atoms with Gasteiger partial charge < -0.3 is 5.32 Å². The Hall–Kier alpha value is -0.480. The van der Waals surface area contributed by atoms with E-state index < -0.39 is 11.5 Å². The molecule has 1 aliphatic heterocycles. The lowest BCUT2D eigenvalue weighted by molar-refractivity contribution is -0.110. The minimum absolute atomic E-state index is 0.0577. The molecule has 1 saturated heterocycles. The Morgan fingerprint density at radius 3 is 2.62 bits per heavy atom. The summed E-state index contributed by atoms with van der Waals surface area (Å²) >= 11 is 3.35. The van der Waals surface area contributed by atoms with Crippen LogP contribution in [-0.2, 0) is 5.54 Å². The molecule has 1 aromatic carbocycles. The summed E-state index contributed by atoms with van der Waals surface area (Å²) in [4.78, 5) is 0. The van der Waals surface area contributed by atoms with Gasteiger partial charge in [0.05, 0.1) is 0 Å². The third-order valence-electron chi connectivity index (χ3n) is 3.29. The summed E-state index contributed by atoms with van der Waals surface area (Å²) in [6, 6.07) is 7.17. The van der Waals surface area contributed by atoms with Crippen LogP contribution >= 0.6 is 15.9 Å². The lowest BCUT2D eigenvalue weighted by Crippen LogP contribution is -2.57. The van der Waals surface area contributed by atoms with Gasteiger partial charge in [0, 0.05) is 10.9 Å². The van der Waals surface area contributed by atoms with Crippen LogP contribution in [0, 0.1) is 0 Å². The monoisotopic (exact) mass is 289 g/mol. The van der Waals surface area contributed by atoms with Crippen LogP contribution in [0.15, 0.2) is 28.7 Å². The first kappa shape index (κ1) is 12.0. The van der Waals surface area contributed by atoms with E-state index in [-0.39, 0.29) is 6.42 Å². The molecule has 1 aromatic rings. The fourth-order valence-electron chi connectivity index (χ4n) is 2.19. The Bertz CT molecular complexity index is 394. The number of halogens is 3. The van der Waals surface area contributed by atoms with Gasteiger partial charge in [-0.2, -0.15) is 0 Å². The van der Waals surface area contributed by atoms with Gasteiger partial charge in [-0.15, -0.1) is 0 Å². The van der Waals surface area contributed by atoms with Gasteiger partial charge in [0.25, 0.3) is 5.92 Å². The van der Waals surface area contributed by atoms with Crippen molar-refractivity contribution in [3.63, 3.8) is 0 Å². The predicted molar refractivity (Wildman–Crippen MR) is 63.7 cm³/mol. The molecule has 16 heavy (non-hydrogen) atoms. The highest BCUT2D eigenvalue weighted by molar-refractivity contribution is 9.10. The summed E-state index contributed by atoms with van der Waals surface area (Å²) in [6.07, 6.45) is 0.463. The number of rotatable bonds is 1. The second-order valence-electron chi connectivity index (χ2n) is 4.34. The van der Waals surface area contributed by atoms with Crippen LogP contribution in [0.5, 0.6) is 0 Å². The summed E-state index contributed by atoms with van der Waals surface area (Å²) in [5.74, 6) is -2.71. The Morgan fingerprint density at radius 2 is 2.00 bits per heavy atom. The van der Waals surface area contributed by atoms with Crippen molar-refractivity contribution < 1.29 is 8.78 Å². The molecular weight excluding hydrogens is 276 g/mol. The molecule has 1 aliphatic rings. The minimum atomic E-state index is -2.71. The number of benzene rings is 1. The zero-order valence-electron chi connectivity index (χ0n) is 9.06. The van der Waals surface area contributed by atoms with Gasteiger partial charge in [0.2, 0.25) is 0 Å². The topological polar surface area (TPSA) is 12.0 Å². The van der Waals surface area contributed by atoms with Crippen LogP contribution in [-0.4, -0.2) is 12.5 Å². The van der Waals surface area contributed by atoms with Gasteiger partial charge in [-0.05, 0) is 31.5 Å². The van der Waals surface area contributed by atoms with Crippen LogP contribution in [0.3, 0.4) is 0 Å². The SMILES string of the molecule is CC1(c2ccccc2Br)NCCCC1(F)F. The van der Waals surface area contributed by atoms with Crippen molar-refractivity contribution >= 4 is 15.9 Å². The fourth-order valence-corrected chi connectivity index (χ4v) is 2.87. The number of hydrogen-bond donors (Lipinski definition) is 1. The summed E-state index contributed by atoms with van der Waals surface area (Å²) < 4.78 is 28.8. The highest BCUT2D eigenvalue weighted by Crippen LogP contribution is 2.44. The molecule has 1 atom stereocenters. The minimum Gasteiger partial charge on any atom is -0.303 e. The second-order valence-corrected chi connectivity index (χ2v) is 5.19. The van der Waals surface area contributed by atoms with Gasteiger partial charge in [-0.3, -0.25) is 0 Å². The molecular formula is C12H14BrF2N. The molecule has 0 spiro atoms. The summed E-state index contributed by atoms with van der Waals surface area (Å²) in [5, 5.41) is 2.96. The van der Waals surface area contributed by atoms with Crippen LogP contribution < -0.4 is 5.32 Å². The van der Waals surface area contributed by atoms with Gasteiger partial charge in [-0.25, -0.2) is 8.78 Å². The van der Waals surface area contributed by atoms with Crippen molar-refractivity contribution in [2.45, 2.75) is 31.2 Å². The number of nitrogens with one attached hydrogen (secondary N) is 1. The van der Waals surface area contributed by atoms with Crippen molar-refractivity contribution in [1.29, 1.82) is 0 Å². The Labute approximate surface area is 102 Å². The molecule has 0 aliphatic carbocycles. The number of piperidine rings is 1. The zero-order chi connectivity index (χ0) is 11.8. The molecule has 1 fully saturated rings. The van der Waals surface area contributed by atoms with E-state index in [0.29, 0.717) is 18.5 Å². The van der Waals surface area contributed by atoms with E-state index in [2.05, 4.69) is 21.2 Å². The van der Waals surface area contributed by atoms with E-state index in [9.17, 15) is 8.78 Å².